The summed E-state index contributed by atoms with van der Waals surface area (Å²) < 4.78 is 39.2. The largest absolute Gasteiger partial charge is 0.495 e. The van der Waals surface area contributed by atoms with Gasteiger partial charge in [-0.15, -0.1) is 0 Å². The highest BCUT2D eigenvalue weighted by Gasteiger charge is 2.19. The number of hydrogen-bond donors (Lipinski definition) is 1. The summed E-state index contributed by atoms with van der Waals surface area (Å²) in [5.74, 6) is 1.12. The number of hydrogen-bond acceptors (Lipinski definition) is 5. The topological polar surface area (TPSA) is 67.9 Å². The first-order valence-electron chi connectivity index (χ1n) is 9.11. The van der Waals surface area contributed by atoms with E-state index in [4.69, 9.17) is 9.47 Å². The molecule has 0 unspecified atom stereocenters. The second kappa shape index (κ2) is 8.08. The van der Waals surface area contributed by atoms with Crippen molar-refractivity contribution >= 4 is 21.4 Å². The number of nitrogens with zero attached hydrogens (tertiary/aromatic N) is 1. The first-order chi connectivity index (χ1) is 12.9. The average molecular weight is 391 g/mol. The third kappa shape index (κ3) is 4.66. The van der Waals surface area contributed by atoms with Crippen LogP contribution in [-0.2, 0) is 10.0 Å². The van der Waals surface area contributed by atoms with E-state index >= 15 is 0 Å². The van der Waals surface area contributed by atoms with Gasteiger partial charge in [-0.3, -0.25) is 4.72 Å². The predicted octanol–water partition coefficient (Wildman–Crippen LogP) is 3.88. The van der Waals surface area contributed by atoms with Crippen molar-refractivity contribution in [3.63, 3.8) is 0 Å². The fourth-order valence-electron chi connectivity index (χ4n) is 3.12. The lowest BCUT2D eigenvalue weighted by Crippen LogP contribution is -2.18. The Morgan fingerprint density at radius 3 is 2.30 bits per heavy atom. The van der Waals surface area contributed by atoms with Gasteiger partial charge in [-0.2, -0.15) is 0 Å². The van der Waals surface area contributed by atoms with E-state index < -0.39 is 10.0 Å². The van der Waals surface area contributed by atoms with Gasteiger partial charge < -0.3 is 14.4 Å². The fourth-order valence-corrected chi connectivity index (χ4v) is 4.18. The van der Waals surface area contributed by atoms with Crippen molar-refractivity contribution in [3.8, 4) is 11.5 Å². The number of methoxy groups -OCH3 is 1. The maximum Gasteiger partial charge on any atom is 0.262 e. The number of nitrogens with one attached hydrogen (secondary N) is 1. The van der Waals surface area contributed by atoms with Gasteiger partial charge in [0.1, 0.15) is 11.5 Å². The zero-order valence-electron chi connectivity index (χ0n) is 15.9. The molecule has 0 aromatic heterocycles. The molecule has 1 aliphatic rings. The van der Waals surface area contributed by atoms with Crippen LogP contribution in [0.3, 0.4) is 0 Å². The lowest BCUT2D eigenvalue weighted by atomic mass is 10.2. The molecular formula is C20H26N2O4S. The Morgan fingerprint density at radius 2 is 1.70 bits per heavy atom. The summed E-state index contributed by atoms with van der Waals surface area (Å²) in [5.41, 5.74) is 1.43. The van der Waals surface area contributed by atoms with E-state index in [0.717, 1.165) is 31.6 Å². The van der Waals surface area contributed by atoms with Gasteiger partial charge in [0.2, 0.25) is 0 Å². The van der Waals surface area contributed by atoms with Crippen molar-refractivity contribution in [3.05, 3.63) is 42.5 Å². The molecule has 1 N–H and O–H groups in total. The van der Waals surface area contributed by atoms with Gasteiger partial charge in [-0.25, -0.2) is 8.42 Å². The molecule has 2 aromatic carbocycles. The standard InChI is InChI=1S/C20H26N2O4S/c1-15(2)26-17-7-9-18(10-8-17)27(23,24)21-19-14-16(6-11-20(19)25-3)22-12-4-5-13-22/h6-11,14-15,21H,4-5,12-13H2,1-3H3. The van der Waals surface area contributed by atoms with Crippen LogP contribution in [0.5, 0.6) is 11.5 Å². The Balaban J connectivity index is 1.84. The number of rotatable bonds is 7. The zero-order chi connectivity index (χ0) is 19.4. The second-order valence-corrected chi connectivity index (χ2v) is 8.50. The quantitative estimate of drug-likeness (QED) is 0.777. The summed E-state index contributed by atoms with van der Waals surface area (Å²) in [7, 11) is -2.21. The lowest BCUT2D eigenvalue weighted by molar-refractivity contribution is 0.242. The maximum absolute atomic E-state index is 12.8. The smallest absolute Gasteiger partial charge is 0.262 e. The molecule has 0 spiro atoms. The molecule has 7 heteroatoms. The van der Waals surface area contributed by atoms with E-state index in [0.29, 0.717) is 17.2 Å². The minimum absolute atomic E-state index is 0.0307. The maximum atomic E-state index is 12.8. The Kier molecular flexibility index (Phi) is 5.79. The van der Waals surface area contributed by atoms with Crippen LogP contribution in [-0.4, -0.2) is 34.7 Å². The molecular weight excluding hydrogens is 364 g/mol. The summed E-state index contributed by atoms with van der Waals surface area (Å²) >= 11 is 0. The molecule has 0 aliphatic carbocycles. The molecule has 3 rings (SSSR count). The van der Waals surface area contributed by atoms with Crippen LogP contribution in [0, 0.1) is 0 Å². The second-order valence-electron chi connectivity index (χ2n) is 6.82. The van der Waals surface area contributed by atoms with Crippen molar-refractivity contribution in [2.75, 3.05) is 29.8 Å². The SMILES string of the molecule is COc1ccc(N2CCCC2)cc1NS(=O)(=O)c1ccc(OC(C)C)cc1. The van der Waals surface area contributed by atoms with Crippen molar-refractivity contribution < 1.29 is 17.9 Å². The number of sulfonamides is 1. The van der Waals surface area contributed by atoms with Crippen molar-refractivity contribution in [2.45, 2.75) is 37.7 Å². The molecule has 0 bridgehead atoms. The Labute approximate surface area is 161 Å². The van der Waals surface area contributed by atoms with Crippen molar-refractivity contribution in [1.82, 2.24) is 0 Å². The van der Waals surface area contributed by atoms with Crippen molar-refractivity contribution in [2.24, 2.45) is 0 Å². The number of ether oxygens (including phenoxy) is 2. The zero-order valence-corrected chi connectivity index (χ0v) is 16.8. The highest BCUT2D eigenvalue weighted by molar-refractivity contribution is 7.92. The van der Waals surface area contributed by atoms with Gasteiger partial charge in [0, 0.05) is 18.8 Å². The van der Waals surface area contributed by atoms with Crippen LogP contribution < -0.4 is 19.1 Å². The van der Waals surface area contributed by atoms with E-state index in [1.807, 2.05) is 26.0 Å². The van der Waals surface area contributed by atoms with E-state index in [9.17, 15) is 8.42 Å². The molecule has 1 heterocycles. The first-order valence-corrected chi connectivity index (χ1v) is 10.6. The van der Waals surface area contributed by atoms with Gasteiger partial charge >= 0.3 is 0 Å². The Morgan fingerprint density at radius 1 is 1.04 bits per heavy atom. The van der Waals surface area contributed by atoms with Crippen LogP contribution in [0.15, 0.2) is 47.4 Å². The molecule has 6 nitrogen and oxygen atoms in total. The third-order valence-electron chi connectivity index (χ3n) is 4.40. The minimum Gasteiger partial charge on any atom is -0.495 e. The van der Waals surface area contributed by atoms with Crippen LogP contribution in [0.25, 0.3) is 0 Å². The highest BCUT2D eigenvalue weighted by atomic mass is 32.2. The summed E-state index contributed by atoms with van der Waals surface area (Å²) in [4.78, 5) is 2.42. The molecule has 1 saturated heterocycles. The van der Waals surface area contributed by atoms with Gasteiger partial charge in [0.25, 0.3) is 10.0 Å². The molecule has 146 valence electrons. The normalized spacial score (nSPS) is 14.4. The molecule has 1 aliphatic heterocycles. The molecule has 27 heavy (non-hydrogen) atoms. The van der Waals surface area contributed by atoms with E-state index in [-0.39, 0.29) is 11.0 Å². The molecule has 0 atom stereocenters. The highest BCUT2D eigenvalue weighted by Crippen LogP contribution is 2.33. The third-order valence-corrected chi connectivity index (χ3v) is 5.79. The molecule has 0 saturated carbocycles. The van der Waals surface area contributed by atoms with E-state index in [2.05, 4.69) is 9.62 Å². The number of anilines is 2. The summed E-state index contributed by atoms with van der Waals surface area (Å²) in [5, 5.41) is 0. The van der Waals surface area contributed by atoms with Gasteiger partial charge in [0.05, 0.1) is 23.8 Å². The monoisotopic (exact) mass is 390 g/mol. The van der Waals surface area contributed by atoms with Gasteiger partial charge in [0.15, 0.2) is 0 Å². The molecule has 0 amide bonds. The van der Waals surface area contributed by atoms with E-state index in [1.54, 1.807) is 18.2 Å². The Hall–Kier alpha value is -2.41. The average Bonchev–Trinajstić information content (AvgIpc) is 3.16. The van der Waals surface area contributed by atoms with Crippen LogP contribution in [0.1, 0.15) is 26.7 Å². The first kappa shape index (κ1) is 19.4. The van der Waals surface area contributed by atoms with Crippen LogP contribution in [0.4, 0.5) is 11.4 Å². The van der Waals surface area contributed by atoms with E-state index in [1.165, 1.54) is 19.2 Å². The molecule has 0 radical (unpaired) electrons. The summed E-state index contributed by atoms with van der Waals surface area (Å²) in [6.07, 6.45) is 2.33. The minimum atomic E-state index is -3.74. The van der Waals surface area contributed by atoms with Crippen molar-refractivity contribution in [1.29, 1.82) is 0 Å². The van der Waals surface area contributed by atoms with Crippen LogP contribution >= 0.6 is 0 Å². The molecule has 1 fully saturated rings. The number of benzene rings is 2. The molecule has 2 aromatic rings. The lowest BCUT2D eigenvalue weighted by Gasteiger charge is -2.20. The fraction of sp³-hybridized carbons (Fsp3) is 0.400. The van der Waals surface area contributed by atoms with Crippen LogP contribution in [0.2, 0.25) is 0 Å². The summed E-state index contributed by atoms with van der Waals surface area (Å²) in [6, 6.07) is 12.0. The van der Waals surface area contributed by atoms with Gasteiger partial charge in [-0.1, -0.05) is 0 Å². The Bertz CT molecular complexity index is 873. The van der Waals surface area contributed by atoms with Gasteiger partial charge in [-0.05, 0) is 69.2 Å². The predicted molar refractivity (Wildman–Crippen MR) is 107 cm³/mol. The summed E-state index contributed by atoms with van der Waals surface area (Å²) in [6.45, 7) is 5.81.